The van der Waals surface area contributed by atoms with E-state index in [2.05, 4.69) is 10.6 Å². The second-order valence-corrected chi connectivity index (χ2v) is 9.00. The van der Waals surface area contributed by atoms with Gasteiger partial charge in [-0.15, -0.1) is 0 Å². The number of hydrogen-bond donors (Lipinski definition) is 2. The van der Waals surface area contributed by atoms with Gasteiger partial charge in [-0.3, -0.25) is 9.59 Å². The standard InChI is InChI=1S/C26H35N3O4/c1-7-29(22(30)17-28-25(32)33-26(4,5)6)23(21-14-13-18(2)15-19(21)3)24(31)27-16-20-11-9-8-10-12-20/h8-15,23H,7,16-17H2,1-6H3,(H,27,31)(H,28,32). The average Bonchev–Trinajstić information content (AvgIpc) is 2.74. The second kappa shape index (κ2) is 11.5. The topological polar surface area (TPSA) is 87.7 Å². The average molecular weight is 454 g/mol. The van der Waals surface area contributed by atoms with E-state index in [1.165, 1.54) is 4.90 Å². The monoisotopic (exact) mass is 453 g/mol. The Labute approximate surface area is 196 Å². The zero-order valence-corrected chi connectivity index (χ0v) is 20.4. The van der Waals surface area contributed by atoms with Crippen molar-refractivity contribution in [3.05, 3.63) is 70.8 Å². The van der Waals surface area contributed by atoms with Gasteiger partial charge >= 0.3 is 6.09 Å². The fraction of sp³-hybridized carbons (Fsp3) is 0.423. The molecule has 7 heteroatoms. The highest BCUT2D eigenvalue weighted by atomic mass is 16.6. The summed E-state index contributed by atoms with van der Waals surface area (Å²) in [5, 5.41) is 5.46. The second-order valence-electron chi connectivity index (χ2n) is 9.00. The van der Waals surface area contributed by atoms with Crippen molar-refractivity contribution in [1.82, 2.24) is 15.5 Å². The van der Waals surface area contributed by atoms with Crippen molar-refractivity contribution in [2.45, 2.75) is 59.7 Å². The van der Waals surface area contributed by atoms with Gasteiger partial charge in [0.2, 0.25) is 11.8 Å². The van der Waals surface area contributed by atoms with Gasteiger partial charge in [-0.05, 0) is 58.2 Å². The SMILES string of the molecule is CCN(C(=O)CNC(=O)OC(C)(C)C)C(C(=O)NCc1ccccc1)c1ccc(C)cc1C. The predicted molar refractivity (Wildman–Crippen MR) is 129 cm³/mol. The van der Waals surface area contributed by atoms with E-state index in [4.69, 9.17) is 4.74 Å². The Kier molecular flexibility index (Phi) is 9.02. The number of likely N-dealkylation sites (N-methyl/N-ethyl adjacent to an activating group) is 1. The van der Waals surface area contributed by atoms with Crippen molar-refractivity contribution in [2.24, 2.45) is 0 Å². The molecule has 0 aromatic heterocycles. The number of carbonyl (C=O) groups is 3. The van der Waals surface area contributed by atoms with Crippen LogP contribution >= 0.6 is 0 Å². The van der Waals surface area contributed by atoms with Crippen LogP contribution in [0.3, 0.4) is 0 Å². The number of ether oxygens (including phenoxy) is 1. The van der Waals surface area contributed by atoms with Gasteiger partial charge in [-0.25, -0.2) is 4.79 Å². The Hall–Kier alpha value is -3.35. The smallest absolute Gasteiger partial charge is 0.408 e. The molecule has 0 spiro atoms. The third-order valence-corrected chi connectivity index (χ3v) is 5.03. The summed E-state index contributed by atoms with van der Waals surface area (Å²) in [7, 11) is 0. The third kappa shape index (κ3) is 7.93. The van der Waals surface area contributed by atoms with Gasteiger partial charge in [-0.1, -0.05) is 54.1 Å². The molecule has 2 N–H and O–H groups in total. The summed E-state index contributed by atoms with van der Waals surface area (Å²) in [6.07, 6.45) is -0.677. The largest absolute Gasteiger partial charge is 0.444 e. The fourth-order valence-electron chi connectivity index (χ4n) is 3.53. The molecule has 0 bridgehead atoms. The molecule has 2 aromatic rings. The van der Waals surface area contributed by atoms with Gasteiger partial charge in [-0.2, -0.15) is 0 Å². The molecule has 0 radical (unpaired) electrons. The first-order chi connectivity index (χ1) is 15.5. The number of hydrogen-bond acceptors (Lipinski definition) is 4. The number of carbonyl (C=O) groups excluding carboxylic acids is 3. The number of alkyl carbamates (subject to hydrolysis) is 1. The van der Waals surface area contributed by atoms with Crippen molar-refractivity contribution in [2.75, 3.05) is 13.1 Å². The van der Waals surface area contributed by atoms with E-state index in [0.29, 0.717) is 13.1 Å². The van der Waals surface area contributed by atoms with Crippen LogP contribution in [0.1, 0.15) is 56.0 Å². The molecule has 0 saturated carbocycles. The number of rotatable bonds is 8. The molecule has 3 amide bonds. The molecule has 2 rings (SSSR count). The summed E-state index contributed by atoms with van der Waals surface area (Å²) < 4.78 is 5.21. The number of nitrogens with zero attached hydrogens (tertiary/aromatic N) is 1. The van der Waals surface area contributed by atoms with Crippen molar-refractivity contribution in [1.29, 1.82) is 0 Å². The van der Waals surface area contributed by atoms with E-state index in [9.17, 15) is 14.4 Å². The van der Waals surface area contributed by atoms with Crippen LogP contribution in [-0.2, 0) is 20.9 Å². The van der Waals surface area contributed by atoms with E-state index >= 15 is 0 Å². The van der Waals surface area contributed by atoms with Crippen molar-refractivity contribution in [3.8, 4) is 0 Å². The molecule has 0 aliphatic rings. The van der Waals surface area contributed by atoms with E-state index < -0.39 is 17.7 Å². The molecule has 2 aromatic carbocycles. The Bertz CT molecular complexity index is 967. The van der Waals surface area contributed by atoms with E-state index in [0.717, 1.165) is 22.3 Å². The minimum absolute atomic E-state index is 0.268. The van der Waals surface area contributed by atoms with Crippen LogP contribution < -0.4 is 10.6 Å². The van der Waals surface area contributed by atoms with Crippen LogP contribution in [0.15, 0.2) is 48.5 Å². The molecule has 178 valence electrons. The van der Waals surface area contributed by atoms with Crippen LogP contribution in [0.5, 0.6) is 0 Å². The maximum Gasteiger partial charge on any atom is 0.408 e. The highest BCUT2D eigenvalue weighted by Crippen LogP contribution is 2.25. The maximum atomic E-state index is 13.4. The number of nitrogens with one attached hydrogen (secondary N) is 2. The lowest BCUT2D eigenvalue weighted by atomic mass is 9.97. The van der Waals surface area contributed by atoms with Crippen LogP contribution in [0.4, 0.5) is 4.79 Å². The van der Waals surface area contributed by atoms with Crippen molar-refractivity contribution in [3.63, 3.8) is 0 Å². The van der Waals surface area contributed by atoms with E-state index in [1.54, 1.807) is 20.8 Å². The normalized spacial score (nSPS) is 11.9. The summed E-state index contributed by atoms with van der Waals surface area (Å²) in [4.78, 5) is 40.0. The number of aryl methyl sites for hydroxylation is 2. The summed E-state index contributed by atoms with van der Waals surface area (Å²) >= 11 is 0. The van der Waals surface area contributed by atoms with E-state index in [-0.39, 0.29) is 18.4 Å². The van der Waals surface area contributed by atoms with Gasteiger partial charge < -0.3 is 20.3 Å². The van der Waals surface area contributed by atoms with Gasteiger partial charge in [0.05, 0.1) is 0 Å². The van der Waals surface area contributed by atoms with Gasteiger partial charge in [0, 0.05) is 13.1 Å². The molecule has 0 saturated heterocycles. The lowest BCUT2D eigenvalue weighted by Crippen LogP contribution is -2.47. The first kappa shape index (κ1) is 25.9. The molecule has 33 heavy (non-hydrogen) atoms. The lowest BCUT2D eigenvalue weighted by molar-refractivity contribution is -0.140. The maximum absolute atomic E-state index is 13.4. The molecular weight excluding hydrogens is 418 g/mol. The molecule has 1 unspecified atom stereocenters. The molecular formula is C26H35N3O4. The quantitative estimate of drug-likeness (QED) is 0.632. The van der Waals surface area contributed by atoms with Crippen LogP contribution in [0.25, 0.3) is 0 Å². The summed E-state index contributed by atoms with van der Waals surface area (Å²) in [5.41, 5.74) is 3.03. The zero-order valence-electron chi connectivity index (χ0n) is 20.4. The van der Waals surface area contributed by atoms with Crippen LogP contribution in [-0.4, -0.2) is 41.5 Å². The molecule has 0 heterocycles. The number of benzene rings is 2. The highest BCUT2D eigenvalue weighted by Gasteiger charge is 2.31. The summed E-state index contributed by atoms with van der Waals surface area (Å²) in [6.45, 7) is 11.4. The summed E-state index contributed by atoms with van der Waals surface area (Å²) in [6, 6.07) is 14.6. The molecule has 0 aliphatic heterocycles. The molecule has 0 aliphatic carbocycles. The first-order valence-electron chi connectivity index (χ1n) is 11.2. The molecule has 0 fully saturated rings. The van der Waals surface area contributed by atoms with Crippen LogP contribution in [0, 0.1) is 13.8 Å². The first-order valence-corrected chi connectivity index (χ1v) is 11.2. The third-order valence-electron chi connectivity index (χ3n) is 5.03. The highest BCUT2D eigenvalue weighted by molar-refractivity contribution is 5.90. The van der Waals surface area contributed by atoms with Gasteiger partial charge in [0.1, 0.15) is 18.2 Å². The fourth-order valence-corrected chi connectivity index (χ4v) is 3.53. The lowest BCUT2D eigenvalue weighted by Gasteiger charge is -2.31. The van der Waals surface area contributed by atoms with Gasteiger partial charge in [0.25, 0.3) is 0 Å². The number of amides is 3. The van der Waals surface area contributed by atoms with Crippen molar-refractivity contribution < 1.29 is 19.1 Å². The van der Waals surface area contributed by atoms with Crippen LogP contribution in [0.2, 0.25) is 0 Å². The molecule has 7 nitrogen and oxygen atoms in total. The Balaban J connectivity index is 2.25. The van der Waals surface area contributed by atoms with Gasteiger partial charge in [0.15, 0.2) is 0 Å². The Morgan fingerprint density at radius 2 is 1.67 bits per heavy atom. The Morgan fingerprint density at radius 1 is 1.00 bits per heavy atom. The predicted octanol–water partition coefficient (Wildman–Crippen LogP) is 4.03. The minimum Gasteiger partial charge on any atom is -0.444 e. The zero-order chi connectivity index (χ0) is 24.6. The Morgan fingerprint density at radius 3 is 2.24 bits per heavy atom. The molecule has 1 atom stereocenters. The van der Waals surface area contributed by atoms with Crippen molar-refractivity contribution >= 4 is 17.9 Å². The van der Waals surface area contributed by atoms with E-state index in [1.807, 2.05) is 69.3 Å². The summed E-state index contributed by atoms with van der Waals surface area (Å²) in [5.74, 6) is -0.651. The minimum atomic E-state index is -0.827.